The number of fused-ring (bicyclic) bond motifs is 2. The SMILES string of the molecule is O=C(Nc1ccc2c(=O)c3ccccc3oc2c1)c1ccc([N+](=O)[O-])cc1. The van der Waals surface area contributed by atoms with E-state index < -0.39 is 10.8 Å². The van der Waals surface area contributed by atoms with E-state index in [1.54, 1.807) is 42.5 Å². The Morgan fingerprint density at radius 2 is 1.63 bits per heavy atom. The smallest absolute Gasteiger partial charge is 0.269 e. The van der Waals surface area contributed by atoms with Gasteiger partial charge in [0.1, 0.15) is 11.2 Å². The van der Waals surface area contributed by atoms with Crippen LogP contribution in [0.15, 0.2) is 75.9 Å². The summed E-state index contributed by atoms with van der Waals surface area (Å²) in [4.78, 5) is 35.0. The lowest BCUT2D eigenvalue weighted by Crippen LogP contribution is -2.12. The first-order valence-electron chi connectivity index (χ1n) is 8.04. The Balaban J connectivity index is 1.67. The van der Waals surface area contributed by atoms with Crippen molar-refractivity contribution in [2.24, 2.45) is 0 Å². The number of hydrogen-bond acceptors (Lipinski definition) is 5. The first kappa shape index (κ1) is 16.5. The number of anilines is 1. The van der Waals surface area contributed by atoms with E-state index in [9.17, 15) is 19.7 Å². The van der Waals surface area contributed by atoms with Gasteiger partial charge in [-0.3, -0.25) is 19.7 Å². The van der Waals surface area contributed by atoms with Gasteiger partial charge in [-0.1, -0.05) is 12.1 Å². The second-order valence-corrected chi connectivity index (χ2v) is 5.90. The zero-order valence-corrected chi connectivity index (χ0v) is 13.8. The van der Waals surface area contributed by atoms with Crippen LogP contribution in [-0.4, -0.2) is 10.8 Å². The number of nitrogens with one attached hydrogen (secondary N) is 1. The van der Waals surface area contributed by atoms with Gasteiger partial charge in [-0.15, -0.1) is 0 Å². The average Bonchev–Trinajstić information content (AvgIpc) is 2.68. The van der Waals surface area contributed by atoms with Gasteiger partial charge in [-0.25, -0.2) is 0 Å². The van der Waals surface area contributed by atoms with Crippen LogP contribution in [0, 0.1) is 10.1 Å². The third-order valence-corrected chi connectivity index (χ3v) is 4.18. The maximum atomic E-state index is 12.5. The molecule has 4 aromatic rings. The highest BCUT2D eigenvalue weighted by Crippen LogP contribution is 2.22. The van der Waals surface area contributed by atoms with Gasteiger partial charge in [-0.05, 0) is 36.4 Å². The number of para-hydroxylation sites is 1. The number of benzene rings is 3. The standard InChI is InChI=1S/C20H12N2O5/c23-19-15-3-1-2-4-17(15)27-18-11-13(7-10-16(18)19)21-20(24)12-5-8-14(9-6-12)22(25)26/h1-11H,(H,21,24). The van der Waals surface area contributed by atoms with Gasteiger partial charge >= 0.3 is 0 Å². The van der Waals surface area contributed by atoms with E-state index in [4.69, 9.17) is 4.42 Å². The molecule has 7 heteroatoms. The summed E-state index contributed by atoms with van der Waals surface area (Å²) >= 11 is 0. The first-order valence-corrected chi connectivity index (χ1v) is 8.04. The Kier molecular flexibility index (Phi) is 3.89. The second kappa shape index (κ2) is 6.38. The summed E-state index contributed by atoms with van der Waals surface area (Å²) in [7, 11) is 0. The number of nitro benzene ring substituents is 1. The van der Waals surface area contributed by atoms with E-state index >= 15 is 0 Å². The molecule has 3 aromatic carbocycles. The number of carbonyl (C=O) groups excluding carboxylic acids is 1. The molecule has 0 unspecified atom stereocenters. The van der Waals surface area contributed by atoms with E-state index in [-0.39, 0.29) is 16.7 Å². The molecule has 1 amide bonds. The second-order valence-electron chi connectivity index (χ2n) is 5.90. The summed E-state index contributed by atoms with van der Waals surface area (Å²) in [6.45, 7) is 0. The summed E-state index contributed by atoms with van der Waals surface area (Å²) in [6.07, 6.45) is 0. The Morgan fingerprint density at radius 1 is 0.926 bits per heavy atom. The van der Waals surface area contributed by atoms with Gasteiger partial charge in [0, 0.05) is 29.4 Å². The molecule has 0 radical (unpaired) electrons. The third kappa shape index (κ3) is 3.02. The zero-order chi connectivity index (χ0) is 19.0. The molecule has 0 aliphatic heterocycles. The third-order valence-electron chi connectivity index (χ3n) is 4.18. The van der Waals surface area contributed by atoms with Gasteiger partial charge in [0.25, 0.3) is 11.6 Å². The van der Waals surface area contributed by atoms with Crippen molar-refractivity contribution in [3.05, 3.63) is 92.6 Å². The van der Waals surface area contributed by atoms with Crippen molar-refractivity contribution >= 4 is 39.2 Å². The maximum absolute atomic E-state index is 12.5. The first-order chi connectivity index (χ1) is 13.0. The van der Waals surface area contributed by atoms with Crippen molar-refractivity contribution in [1.29, 1.82) is 0 Å². The van der Waals surface area contributed by atoms with Crippen LogP contribution in [-0.2, 0) is 0 Å². The number of nitro groups is 1. The lowest BCUT2D eigenvalue weighted by atomic mass is 10.1. The van der Waals surface area contributed by atoms with E-state index in [0.717, 1.165) is 0 Å². The molecule has 1 heterocycles. The van der Waals surface area contributed by atoms with Gasteiger partial charge in [-0.2, -0.15) is 0 Å². The maximum Gasteiger partial charge on any atom is 0.269 e. The van der Waals surface area contributed by atoms with Crippen molar-refractivity contribution in [3.63, 3.8) is 0 Å². The lowest BCUT2D eigenvalue weighted by Gasteiger charge is -2.07. The van der Waals surface area contributed by atoms with Crippen LogP contribution in [0.25, 0.3) is 21.9 Å². The van der Waals surface area contributed by atoms with Crippen molar-refractivity contribution in [1.82, 2.24) is 0 Å². The quantitative estimate of drug-likeness (QED) is 0.336. The predicted molar refractivity (Wildman–Crippen MR) is 101 cm³/mol. The highest BCUT2D eigenvalue weighted by atomic mass is 16.6. The fraction of sp³-hybridized carbons (Fsp3) is 0. The monoisotopic (exact) mass is 360 g/mol. The Bertz CT molecular complexity index is 1260. The van der Waals surface area contributed by atoms with E-state index in [1.807, 2.05) is 0 Å². The van der Waals surface area contributed by atoms with Crippen molar-refractivity contribution in [3.8, 4) is 0 Å². The summed E-state index contributed by atoms with van der Waals surface area (Å²) in [6, 6.07) is 17.0. The van der Waals surface area contributed by atoms with E-state index in [2.05, 4.69) is 5.32 Å². The Labute approximate surface area is 152 Å². The minimum Gasteiger partial charge on any atom is -0.456 e. The fourth-order valence-electron chi connectivity index (χ4n) is 2.82. The largest absolute Gasteiger partial charge is 0.456 e. The van der Waals surface area contributed by atoms with Crippen molar-refractivity contribution in [2.45, 2.75) is 0 Å². The molecule has 0 atom stereocenters. The lowest BCUT2D eigenvalue weighted by molar-refractivity contribution is -0.384. The number of non-ortho nitro benzene ring substituents is 1. The Hall–Kier alpha value is -4.00. The van der Waals surface area contributed by atoms with Gasteiger partial charge in [0.2, 0.25) is 5.43 Å². The molecular formula is C20H12N2O5. The minimum atomic E-state index is -0.530. The summed E-state index contributed by atoms with van der Waals surface area (Å²) < 4.78 is 5.77. The summed E-state index contributed by atoms with van der Waals surface area (Å²) in [5, 5.41) is 14.3. The highest BCUT2D eigenvalue weighted by molar-refractivity contribution is 6.05. The minimum absolute atomic E-state index is 0.0918. The topological polar surface area (TPSA) is 102 Å². The number of rotatable bonds is 3. The number of hydrogen-bond donors (Lipinski definition) is 1. The van der Waals surface area contributed by atoms with Crippen LogP contribution in [0.4, 0.5) is 11.4 Å². The Morgan fingerprint density at radius 3 is 2.37 bits per heavy atom. The molecule has 7 nitrogen and oxygen atoms in total. The number of amides is 1. The molecule has 0 aliphatic carbocycles. The molecule has 0 saturated carbocycles. The molecule has 0 saturated heterocycles. The van der Waals surface area contributed by atoms with Gasteiger partial charge < -0.3 is 9.73 Å². The summed E-state index contributed by atoms with van der Waals surface area (Å²) in [5.74, 6) is -0.424. The number of nitrogens with zero attached hydrogens (tertiary/aromatic N) is 1. The molecule has 0 fully saturated rings. The van der Waals surface area contributed by atoms with Crippen LogP contribution in [0.3, 0.4) is 0 Å². The van der Waals surface area contributed by atoms with Gasteiger partial charge in [0.15, 0.2) is 0 Å². The predicted octanol–water partition coefficient (Wildman–Crippen LogP) is 4.11. The summed E-state index contributed by atoms with van der Waals surface area (Å²) in [5.41, 5.74) is 1.32. The normalized spacial score (nSPS) is 10.8. The molecule has 0 bridgehead atoms. The van der Waals surface area contributed by atoms with Crippen LogP contribution < -0.4 is 10.7 Å². The van der Waals surface area contributed by atoms with Crippen LogP contribution in [0.1, 0.15) is 10.4 Å². The molecular weight excluding hydrogens is 348 g/mol. The molecule has 1 N–H and O–H groups in total. The van der Waals surface area contributed by atoms with Crippen LogP contribution in [0.5, 0.6) is 0 Å². The van der Waals surface area contributed by atoms with Crippen molar-refractivity contribution < 1.29 is 14.1 Å². The molecule has 27 heavy (non-hydrogen) atoms. The van der Waals surface area contributed by atoms with Crippen LogP contribution in [0.2, 0.25) is 0 Å². The van der Waals surface area contributed by atoms with Gasteiger partial charge in [0.05, 0.1) is 15.7 Å². The fourth-order valence-corrected chi connectivity index (χ4v) is 2.82. The molecule has 0 aliphatic rings. The van der Waals surface area contributed by atoms with E-state index in [0.29, 0.717) is 27.6 Å². The van der Waals surface area contributed by atoms with Crippen molar-refractivity contribution in [2.75, 3.05) is 5.32 Å². The molecule has 132 valence electrons. The van der Waals surface area contributed by atoms with Crippen LogP contribution >= 0.6 is 0 Å². The molecule has 4 rings (SSSR count). The molecule has 1 aromatic heterocycles. The average molecular weight is 360 g/mol. The highest BCUT2D eigenvalue weighted by Gasteiger charge is 2.12. The molecule has 0 spiro atoms. The number of carbonyl (C=O) groups is 1. The van der Waals surface area contributed by atoms with E-state index in [1.165, 1.54) is 24.3 Å². The zero-order valence-electron chi connectivity index (χ0n) is 13.8.